The zero-order chi connectivity index (χ0) is 25.8. The number of fused-ring (bicyclic) bond motifs is 1. The van der Waals surface area contributed by atoms with Crippen LogP contribution in [0.25, 0.3) is 22.6 Å². The fourth-order valence-corrected chi connectivity index (χ4v) is 4.95. The first-order chi connectivity index (χ1) is 18.0. The van der Waals surface area contributed by atoms with Gasteiger partial charge < -0.3 is 19.4 Å². The second-order valence-corrected chi connectivity index (χ2v) is 9.52. The van der Waals surface area contributed by atoms with E-state index >= 15 is 0 Å². The summed E-state index contributed by atoms with van der Waals surface area (Å²) in [4.78, 5) is 32.5. The Balaban J connectivity index is 1.17. The van der Waals surface area contributed by atoms with Crippen LogP contribution in [0.5, 0.6) is 5.75 Å². The zero-order valence-electron chi connectivity index (χ0n) is 21.1. The number of nitrogens with one attached hydrogen (secondary N) is 1. The molecule has 7 nitrogen and oxygen atoms in total. The van der Waals surface area contributed by atoms with Gasteiger partial charge in [-0.1, -0.05) is 43.3 Å². The lowest BCUT2D eigenvalue weighted by Gasteiger charge is -2.34. The van der Waals surface area contributed by atoms with Crippen molar-refractivity contribution in [2.75, 3.05) is 20.2 Å². The predicted molar refractivity (Wildman–Crippen MR) is 142 cm³/mol. The number of nitrogens with zero attached hydrogens (tertiary/aromatic N) is 2. The van der Waals surface area contributed by atoms with Crippen molar-refractivity contribution in [2.24, 2.45) is 11.8 Å². The maximum absolute atomic E-state index is 13.2. The maximum atomic E-state index is 13.2. The number of hydrogen-bond acceptors (Lipinski definition) is 5. The standard InChI is InChI=1S/C30H31N3O4/c1-20(28(34)31-19-24-10-6-7-11-26(24)36-2)21-14-16-33(17-15-21)30(35)23-12-13-25-27(18-23)37-29(32-25)22-8-4-3-5-9-22/h3-13,18,20-21H,14-17,19H2,1-2H3,(H,31,34). The van der Waals surface area contributed by atoms with Crippen LogP contribution >= 0.6 is 0 Å². The number of ether oxygens (including phenoxy) is 1. The summed E-state index contributed by atoms with van der Waals surface area (Å²) in [6.07, 6.45) is 1.58. The van der Waals surface area contributed by atoms with Crippen LogP contribution < -0.4 is 10.1 Å². The number of benzene rings is 3. The number of carbonyl (C=O) groups excluding carboxylic acids is 2. The number of oxazole rings is 1. The third kappa shape index (κ3) is 5.35. The first-order valence-electron chi connectivity index (χ1n) is 12.7. The average Bonchev–Trinajstić information content (AvgIpc) is 3.39. The number of rotatable bonds is 7. The second-order valence-electron chi connectivity index (χ2n) is 9.52. The molecule has 1 atom stereocenters. The molecular formula is C30H31N3O4. The number of aromatic nitrogens is 1. The fourth-order valence-electron chi connectivity index (χ4n) is 4.95. The van der Waals surface area contributed by atoms with E-state index in [0.29, 0.717) is 36.7 Å². The molecule has 0 bridgehead atoms. The van der Waals surface area contributed by atoms with E-state index in [9.17, 15) is 9.59 Å². The van der Waals surface area contributed by atoms with Gasteiger partial charge in [0.25, 0.3) is 5.91 Å². The lowest BCUT2D eigenvalue weighted by atomic mass is 9.84. The molecule has 1 aromatic heterocycles. The molecule has 1 N–H and O–H groups in total. The number of hydrogen-bond donors (Lipinski definition) is 1. The minimum atomic E-state index is -0.131. The Morgan fingerprint density at radius 1 is 1.05 bits per heavy atom. The molecule has 0 radical (unpaired) electrons. The van der Waals surface area contributed by atoms with E-state index in [4.69, 9.17) is 9.15 Å². The minimum absolute atomic E-state index is 0.0220. The normalized spacial score (nSPS) is 14.9. The molecule has 1 aliphatic rings. The van der Waals surface area contributed by atoms with E-state index in [1.165, 1.54) is 0 Å². The summed E-state index contributed by atoms with van der Waals surface area (Å²) in [6.45, 7) is 3.65. The predicted octanol–water partition coefficient (Wildman–Crippen LogP) is 5.31. The molecule has 190 valence electrons. The van der Waals surface area contributed by atoms with Gasteiger partial charge in [-0.2, -0.15) is 0 Å². The summed E-state index contributed by atoms with van der Waals surface area (Å²) in [5.74, 6) is 1.41. The van der Waals surface area contributed by atoms with Gasteiger partial charge in [0, 0.05) is 42.2 Å². The van der Waals surface area contributed by atoms with Gasteiger partial charge in [0.2, 0.25) is 11.8 Å². The first-order valence-corrected chi connectivity index (χ1v) is 12.7. The Hall–Kier alpha value is -4.13. The summed E-state index contributed by atoms with van der Waals surface area (Å²) >= 11 is 0. The van der Waals surface area contributed by atoms with E-state index in [1.54, 1.807) is 13.2 Å². The van der Waals surface area contributed by atoms with E-state index in [0.717, 1.165) is 35.2 Å². The van der Waals surface area contributed by atoms with Crippen molar-refractivity contribution in [3.8, 4) is 17.2 Å². The van der Waals surface area contributed by atoms with Crippen LogP contribution in [0.2, 0.25) is 0 Å². The molecule has 5 rings (SSSR count). The molecule has 2 amide bonds. The molecule has 0 spiro atoms. The number of para-hydroxylation sites is 1. The average molecular weight is 498 g/mol. The molecule has 0 aliphatic carbocycles. The molecular weight excluding hydrogens is 466 g/mol. The zero-order valence-corrected chi connectivity index (χ0v) is 21.1. The van der Waals surface area contributed by atoms with E-state index < -0.39 is 0 Å². The molecule has 1 fully saturated rings. The number of amides is 2. The van der Waals surface area contributed by atoms with Crippen molar-refractivity contribution in [3.05, 3.63) is 83.9 Å². The maximum Gasteiger partial charge on any atom is 0.253 e. The van der Waals surface area contributed by atoms with Crippen molar-refractivity contribution in [3.63, 3.8) is 0 Å². The van der Waals surface area contributed by atoms with Crippen LogP contribution in [-0.4, -0.2) is 41.9 Å². The van der Waals surface area contributed by atoms with Gasteiger partial charge in [-0.3, -0.25) is 9.59 Å². The minimum Gasteiger partial charge on any atom is -0.496 e. The smallest absolute Gasteiger partial charge is 0.253 e. The molecule has 2 heterocycles. The van der Waals surface area contributed by atoms with Crippen molar-refractivity contribution in [1.29, 1.82) is 0 Å². The lowest BCUT2D eigenvalue weighted by molar-refractivity contribution is -0.126. The molecule has 0 saturated carbocycles. The quantitative estimate of drug-likeness (QED) is 0.374. The largest absolute Gasteiger partial charge is 0.496 e. The van der Waals surface area contributed by atoms with Crippen LogP contribution in [0, 0.1) is 11.8 Å². The highest BCUT2D eigenvalue weighted by atomic mass is 16.5. The Labute approximate surface area is 216 Å². The van der Waals surface area contributed by atoms with Crippen molar-refractivity contribution >= 4 is 22.9 Å². The van der Waals surface area contributed by atoms with Crippen LogP contribution in [-0.2, 0) is 11.3 Å². The van der Waals surface area contributed by atoms with Gasteiger partial charge in [0.1, 0.15) is 11.3 Å². The van der Waals surface area contributed by atoms with Gasteiger partial charge in [0.05, 0.1) is 7.11 Å². The Kier molecular flexibility index (Phi) is 7.21. The van der Waals surface area contributed by atoms with Crippen LogP contribution in [0.3, 0.4) is 0 Å². The van der Waals surface area contributed by atoms with Crippen molar-refractivity contribution < 1.29 is 18.7 Å². The van der Waals surface area contributed by atoms with Crippen molar-refractivity contribution in [1.82, 2.24) is 15.2 Å². The van der Waals surface area contributed by atoms with Gasteiger partial charge >= 0.3 is 0 Å². The number of carbonyl (C=O) groups is 2. The Morgan fingerprint density at radius 2 is 1.78 bits per heavy atom. The van der Waals surface area contributed by atoms with Crippen LogP contribution in [0.15, 0.2) is 77.2 Å². The molecule has 4 aromatic rings. The number of piperidine rings is 1. The number of methoxy groups -OCH3 is 1. The van der Waals surface area contributed by atoms with Crippen LogP contribution in [0.1, 0.15) is 35.7 Å². The second kappa shape index (κ2) is 10.9. The topological polar surface area (TPSA) is 84.7 Å². The van der Waals surface area contributed by atoms with E-state index in [-0.39, 0.29) is 23.7 Å². The van der Waals surface area contributed by atoms with Crippen LogP contribution in [0.4, 0.5) is 0 Å². The molecule has 1 unspecified atom stereocenters. The Bertz CT molecular complexity index is 1390. The summed E-state index contributed by atoms with van der Waals surface area (Å²) in [5.41, 5.74) is 3.76. The summed E-state index contributed by atoms with van der Waals surface area (Å²) in [6, 6.07) is 22.8. The molecule has 3 aromatic carbocycles. The Morgan fingerprint density at radius 3 is 2.54 bits per heavy atom. The highest BCUT2D eigenvalue weighted by Crippen LogP contribution is 2.28. The molecule has 1 saturated heterocycles. The van der Waals surface area contributed by atoms with Crippen molar-refractivity contribution in [2.45, 2.75) is 26.3 Å². The van der Waals surface area contributed by atoms with Gasteiger partial charge in [-0.15, -0.1) is 0 Å². The SMILES string of the molecule is COc1ccccc1CNC(=O)C(C)C1CCN(C(=O)c2ccc3nc(-c4ccccc4)oc3c2)CC1. The fraction of sp³-hybridized carbons (Fsp3) is 0.300. The van der Waals surface area contributed by atoms with E-state index in [2.05, 4.69) is 10.3 Å². The summed E-state index contributed by atoms with van der Waals surface area (Å²) < 4.78 is 11.3. The third-order valence-corrected chi connectivity index (χ3v) is 7.25. The molecule has 7 heteroatoms. The lowest BCUT2D eigenvalue weighted by Crippen LogP contribution is -2.42. The third-order valence-electron chi connectivity index (χ3n) is 7.25. The summed E-state index contributed by atoms with van der Waals surface area (Å²) in [7, 11) is 1.63. The first kappa shape index (κ1) is 24.6. The van der Waals surface area contributed by atoms with Gasteiger partial charge in [-0.25, -0.2) is 4.98 Å². The van der Waals surface area contributed by atoms with Gasteiger partial charge in [-0.05, 0) is 55.2 Å². The van der Waals surface area contributed by atoms with Gasteiger partial charge in [0.15, 0.2) is 5.58 Å². The van der Waals surface area contributed by atoms with E-state index in [1.807, 2.05) is 78.6 Å². The number of likely N-dealkylation sites (tertiary alicyclic amines) is 1. The molecule has 37 heavy (non-hydrogen) atoms. The highest BCUT2D eigenvalue weighted by molar-refractivity contribution is 5.97. The highest BCUT2D eigenvalue weighted by Gasteiger charge is 2.30. The summed E-state index contributed by atoms with van der Waals surface area (Å²) in [5, 5.41) is 3.05. The monoisotopic (exact) mass is 497 g/mol. The molecule has 1 aliphatic heterocycles.